The third-order valence-electron chi connectivity index (χ3n) is 2.13. The Morgan fingerprint density at radius 2 is 2.00 bits per heavy atom. The van der Waals surface area contributed by atoms with Crippen LogP contribution in [0.15, 0.2) is 21.5 Å². The molecule has 108 valence electrons. The fourth-order valence-electron chi connectivity index (χ4n) is 1.30. The van der Waals surface area contributed by atoms with E-state index >= 15 is 0 Å². The highest BCUT2D eigenvalue weighted by atomic mass is 79.9. The van der Waals surface area contributed by atoms with Crippen LogP contribution in [0.5, 0.6) is 5.75 Å². The van der Waals surface area contributed by atoms with E-state index in [4.69, 9.17) is 14.6 Å². The summed E-state index contributed by atoms with van der Waals surface area (Å²) in [6, 6.07) is 2.05. The molecule has 2 N–H and O–H groups in total. The summed E-state index contributed by atoms with van der Waals surface area (Å²) in [4.78, 5) is -0.575. The molecule has 0 aliphatic carbocycles. The lowest BCUT2D eigenvalue weighted by atomic mass is 10.3. The predicted octanol–water partition coefficient (Wildman–Crippen LogP) is 2.04. The second-order valence-corrected chi connectivity index (χ2v) is 6.10. The molecule has 19 heavy (non-hydrogen) atoms. The van der Waals surface area contributed by atoms with Crippen LogP contribution in [-0.2, 0) is 14.8 Å². The van der Waals surface area contributed by atoms with Crippen LogP contribution in [0.4, 0.5) is 4.39 Å². The molecule has 5 nitrogen and oxygen atoms in total. The lowest BCUT2D eigenvalue weighted by Gasteiger charge is -2.10. The molecule has 0 saturated carbocycles. The first-order chi connectivity index (χ1) is 8.86. The van der Waals surface area contributed by atoms with Gasteiger partial charge in [0.1, 0.15) is 23.1 Å². The molecular formula is C11H15BrFNO4S. The molecule has 8 heteroatoms. The number of sulfonamides is 1. The Labute approximate surface area is 120 Å². The van der Waals surface area contributed by atoms with Crippen LogP contribution in [0.1, 0.15) is 13.3 Å². The van der Waals surface area contributed by atoms with Crippen LogP contribution >= 0.6 is 15.9 Å². The van der Waals surface area contributed by atoms with Crippen molar-refractivity contribution in [1.29, 1.82) is 0 Å². The Morgan fingerprint density at radius 3 is 2.58 bits per heavy atom. The van der Waals surface area contributed by atoms with Gasteiger partial charge >= 0.3 is 0 Å². The highest BCUT2D eigenvalue weighted by Gasteiger charge is 2.17. The van der Waals surface area contributed by atoms with Gasteiger partial charge in [-0.3, -0.25) is 0 Å². The van der Waals surface area contributed by atoms with Gasteiger partial charge in [-0.2, -0.15) is 0 Å². The van der Waals surface area contributed by atoms with Crippen molar-refractivity contribution in [2.24, 2.45) is 5.14 Å². The van der Waals surface area contributed by atoms with E-state index in [2.05, 4.69) is 15.9 Å². The number of hydrogen-bond acceptors (Lipinski definition) is 4. The number of ether oxygens (including phenoxy) is 2. The maximum atomic E-state index is 13.6. The van der Waals surface area contributed by atoms with Gasteiger partial charge in [0.2, 0.25) is 10.0 Å². The lowest BCUT2D eigenvalue weighted by molar-refractivity contribution is 0.100. The van der Waals surface area contributed by atoms with Gasteiger partial charge in [-0.1, -0.05) is 6.92 Å². The minimum atomic E-state index is -4.09. The van der Waals surface area contributed by atoms with E-state index in [9.17, 15) is 12.8 Å². The molecule has 0 aromatic heterocycles. The van der Waals surface area contributed by atoms with Crippen molar-refractivity contribution in [3.05, 3.63) is 22.4 Å². The first kappa shape index (κ1) is 16.4. The number of hydrogen-bond donors (Lipinski definition) is 1. The van der Waals surface area contributed by atoms with Gasteiger partial charge in [0.15, 0.2) is 0 Å². The van der Waals surface area contributed by atoms with Crippen molar-refractivity contribution in [3.8, 4) is 5.75 Å². The number of primary sulfonamides is 1. The molecule has 0 aliphatic heterocycles. The summed E-state index contributed by atoms with van der Waals surface area (Å²) in [6.45, 7) is 3.23. The molecule has 0 fully saturated rings. The van der Waals surface area contributed by atoms with Gasteiger partial charge in [0.05, 0.1) is 11.1 Å². The van der Waals surface area contributed by atoms with E-state index in [0.29, 0.717) is 17.7 Å². The monoisotopic (exact) mass is 355 g/mol. The van der Waals surface area contributed by atoms with E-state index in [1.165, 1.54) is 0 Å². The summed E-state index contributed by atoms with van der Waals surface area (Å²) in [7, 11) is -4.09. The van der Waals surface area contributed by atoms with Crippen molar-refractivity contribution in [1.82, 2.24) is 0 Å². The molecule has 0 atom stereocenters. The van der Waals surface area contributed by atoms with Gasteiger partial charge in [-0.25, -0.2) is 17.9 Å². The molecule has 0 unspecified atom stereocenters. The first-order valence-electron chi connectivity index (χ1n) is 5.58. The average molecular weight is 356 g/mol. The van der Waals surface area contributed by atoms with Crippen LogP contribution in [0.3, 0.4) is 0 Å². The summed E-state index contributed by atoms with van der Waals surface area (Å²) < 4.78 is 46.6. The van der Waals surface area contributed by atoms with Crippen molar-refractivity contribution >= 4 is 26.0 Å². The molecule has 1 aromatic rings. The summed E-state index contributed by atoms with van der Waals surface area (Å²) in [5.74, 6) is -0.750. The summed E-state index contributed by atoms with van der Waals surface area (Å²) in [5, 5.41) is 4.88. The lowest BCUT2D eigenvalue weighted by Crippen LogP contribution is -2.14. The highest BCUT2D eigenvalue weighted by molar-refractivity contribution is 9.10. The van der Waals surface area contributed by atoms with Gasteiger partial charge in [0, 0.05) is 12.7 Å². The van der Waals surface area contributed by atoms with E-state index in [0.717, 1.165) is 18.6 Å². The predicted molar refractivity (Wildman–Crippen MR) is 72.1 cm³/mol. The molecule has 0 heterocycles. The van der Waals surface area contributed by atoms with Gasteiger partial charge < -0.3 is 9.47 Å². The van der Waals surface area contributed by atoms with E-state index in [1.54, 1.807) is 0 Å². The van der Waals surface area contributed by atoms with Gasteiger partial charge in [-0.05, 0) is 28.4 Å². The minimum absolute atomic E-state index is 0.199. The molecule has 0 saturated heterocycles. The molecule has 0 radical (unpaired) electrons. The Kier molecular flexibility index (Phi) is 6.18. The average Bonchev–Trinajstić information content (AvgIpc) is 2.31. The Hall–Kier alpha value is -0.700. The summed E-state index contributed by atoms with van der Waals surface area (Å²) in [5.41, 5.74) is 0. The van der Waals surface area contributed by atoms with Gasteiger partial charge in [0.25, 0.3) is 0 Å². The zero-order chi connectivity index (χ0) is 14.5. The first-order valence-corrected chi connectivity index (χ1v) is 7.92. The molecule has 1 aromatic carbocycles. The van der Waals surface area contributed by atoms with E-state index in [-0.39, 0.29) is 12.4 Å². The molecule has 0 bridgehead atoms. The molecule has 0 amide bonds. The van der Waals surface area contributed by atoms with Crippen molar-refractivity contribution in [2.75, 3.05) is 19.8 Å². The van der Waals surface area contributed by atoms with E-state index < -0.39 is 20.7 Å². The summed E-state index contributed by atoms with van der Waals surface area (Å²) in [6.07, 6.45) is 0.904. The smallest absolute Gasteiger partial charge is 0.241 e. The number of benzene rings is 1. The van der Waals surface area contributed by atoms with Crippen LogP contribution in [0, 0.1) is 5.82 Å². The number of halogens is 2. The van der Waals surface area contributed by atoms with E-state index in [1.807, 2.05) is 6.92 Å². The zero-order valence-corrected chi connectivity index (χ0v) is 12.8. The SMILES string of the molecule is CCCOCCOc1cc(F)c(S(N)(=O)=O)cc1Br. The second-order valence-electron chi connectivity index (χ2n) is 3.72. The normalized spacial score (nSPS) is 11.6. The quantitative estimate of drug-likeness (QED) is 0.759. The van der Waals surface area contributed by atoms with Crippen molar-refractivity contribution < 1.29 is 22.3 Å². The maximum absolute atomic E-state index is 13.6. The van der Waals surface area contributed by atoms with Crippen LogP contribution in [0.25, 0.3) is 0 Å². The Morgan fingerprint density at radius 1 is 1.32 bits per heavy atom. The highest BCUT2D eigenvalue weighted by Crippen LogP contribution is 2.29. The standard InChI is InChI=1S/C11H15BrFNO4S/c1-2-3-17-4-5-18-10-7-9(13)11(6-8(10)12)19(14,15)16/h6-7H,2-5H2,1H3,(H2,14,15,16). The minimum Gasteiger partial charge on any atom is -0.490 e. The second kappa shape index (κ2) is 7.18. The fourth-order valence-corrected chi connectivity index (χ4v) is 2.52. The van der Waals surface area contributed by atoms with Crippen LogP contribution in [-0.4, -0.2) is 28.2 Å². The third kappa shape index (κ3) is 5.06. The Balaban J connectivity index is 2.74. The topological polar surface area (TPSA) is 78.6 Å². The van der Waals surface area contributed by atoms with Crippen molar-refractivity contribution in [2.45, 2.75) is 18.2 Å². The maximum Gasteiger partial charge on any atom is 0.241 e. The van der Waals surface area contributed by atoms with Crippen molar-refractivity contribution in [3.63, 3.8) is 0 Å². The van der Waals surface area contributed by atoms with Gasteiger partial charge in [-0.15, -0.1) is 0 Å². The third-order valence-corrected chi connectivity index (χ3v) is 3.67. The molecule has 0 spiro atoms. The number of rotatable bonds is 7. The fraction of sp³-hybridized carbons (Fsp3) is 0.455. The molecule has 1 rings (SSSR count). The Bertz CT molecular complexity index is 536. The van der Waals surface area contributed by atoms with Crippen LogP contribution < -0.4 is 9.88 Å². The summed E-state index contributed by atoms with van der Waals surface area (Å²) >= 11 is 3.10. The largest absolute Gasteiger partial charge is 0.490 e. The molecular weight excluding hydrogens is 341 g/mol. The van der Waals surface area contributed by atoms with Crippen LogP contribution in [0.2, 0.25) is 0 Å². The molecule has 0 aliphatic rings. The number of nitrogens with two attached hydrogens (primary N) is 1. The zero-order valence-electron chi connectivity index (χ0n) is 10.4.